The minimum atomic E-state index is -0.0334. The highest BCUT2D eigenvalue weighted by atomic mass is 16.5. The third-order valence-corrected chi connectivity index (χ3v) is 4.30. The lowest BCUT2D eigenvalue weighted by molar-refractivity contribution is 0.138. The lowest BCUT2D eigenvalue weighted by atomic mass is 9.78. The largest absolute Gasteiger partial charge is 0.487 e. The molecule has 1 fully saturated rings. The van der Waals surface area contributed by atoms with Crippen LogP contribution in [0.3, 0.4) is 0 Å². The van der Waals surface area contributed by atoms with E-state index < -0.39 is 0 Å². The smallest absolute Gasteiger partial charge is 0.123 e. The number of ether oxygens (including phenoxy) is 1. The monoisotopic (exact) mass is 245 g/mol. The Balaban J connectivity index is 1.68. The molecule has 1 saturated carbocycles. The predicted molar refractivity (Wildman–Crippen MR) is 73.9 cm³/mol. The summed E-state index contributed by atoms with van der Waals surface area (Å²) in [6.45, 7) is 7.61. The third-order valence-electron chi connectivity index (χ3n) is 4.30. The molecule has 18 heavy (non-hydrogen) atoms. The normalized spacial score (nSPS) is 23.1. The van der Waals surface area contributed by atoms with E-state index in [4.69, 9.17) is 4.74 Å². The molecule has 2 heteroatoms. The molecule has 1 aromatic carbocycles. The number of hydrogen-bond acceptors (Lipinski definition) is 2. The van der Waals surface area contributed by atoms with Gasteiger partial charge in [0.15, 0.2) is 0 Å². The molecule has 0 radical (unpaired) electrons. The number of nitrogens with one attached hydrogen (secondary N) is 1. The summed E-state index contributed by atoms with van der Waals surface area (Å²) in [5.74, 6) is 1.07. The zero-order valence-electron chi connectivity index (χ0n) is 11.7. The summed E-state index contributed by atoms with van der Waals surface area (Å²) in [6.07, 6.45) is 5.02. The Morgan fingerprint density at radius 2 is 2.00 bits per heavy atom. The van der Waals surface area contributed by atoms with E-state index in [1.54, 1.807) is 0 Å². The van der Waals surface area contributed by atoms with E-state index >= 15 is 0 Å². The number of rotatable bonds is 3. The molecule has 0 saturated heterocycles. The molecule has 3 rings (SSSR count). The van der Waals surface area contributed by atoms with E-state index in [1.807, 2.05) is 0 Å². The molecule has 0 spiro atoms. The van der Waals surface area contributed by atoms with Crippen LogP contribution in [0.2, 0.25) is 0 Å². The Morgan fingerprint density at radius 3 is 2.67 bits per heavy atom. The van der Waals surface area contributed by atoms with E-state index in [-0.39, 0.29) is 5.60 Å². The maximum absolute atomic E-state index is 5.91. The molecular formula is C16H23NO. The van der Waals surface area contributed by atoms with E-state index in [0.717, 1.165) is 18.7 Å². The molecule has 98 valence electrons. The maximum atomic E-state index is 5.91. The SMILES string of the molecule is CC1(NCc2ccc3c(c2)CC(C)(C)O3)CCC1. The Hall–Kier alpha value is -1.02. The summed E-state index contributed by atoms with van der Waals surface area (Å²) < 4.78 is 5.91. The topological polar surface area (TPSA) is 21.3 Å². The summed E-state index contributed by atoms with van der Waals surface area (Å²) in [5.41, 5.74) is 3.09. The summed E-state index contributed by atoms with van der Waals surface area (Å²) in [5, 5.41) is 3.68. The highest BCUT2D eigenvalue weighted by molar-refractivity contribution is 5.41. The van der Waals surface area contributed by atoms with Gasteiger partial charge < -0.3 is 10.1 Å². The average molecular weight is 245 g/mol. The van der Waals surface area contributed by atoms with Crippen molar-refractivity contribution in [2.75, 3.05) is 0 Å². The van der Waals surface area contributed by atoms with Gasteiger partial charge in [-0.2, -0.15) is 0 Å². The van der Waals surface area contributed by atoms with Gasteiger partial charge in [-0.25, -0.2) is 0 Å². The fourth-order valence-corrected chi connectivity index (χ4v) is 2.97. The van der Waals surface area contributed by atoms with Crippen LogP contribution >= 0.6 is 0 Å². The van der Waals surface area contributed by atoms with Crippen LogP contribution in [0, 0.1) is 0 Å². The summed E-state index contributed by atoms with van der Waals surface area (Å²) in [4.78, 5) is 0. The Labute approximate surface area is 110 Å². The van der Waals surface area contributed by atoms with Crippen LogP contribution in [-0.4, -0.2) is 11.1 Å². The highest BCUT2D eigenvalue weighted by Crippen LogP contribution is 2.35. The van der Waals surface area contributed by atoms with Crippen LogP contribution in [0.5, 0.6) is 5.75 Å². The standard InChI is InChI=1S/C16H23NO/c1-15(2)10-13-9-12(5-6-14(13)18-15)11-17-16(3)7-4-8-16/h5-6,9,17H,4,7-8,10-11H2,1-3H3. The van der Waals surface area contributed by atoms with Crippen molar-refractivity contribution >= 4 is 0 Å². The number of benzene rings is 1. The zero-order chi connectivity index (χ0) is 12.8. The molecule has 2 nitrogen and oxygen atoms in total. The number of fused-ring (bicyclic) bond motifs is 1. The minimum absolute atomic E-state index is 0.0334. The van der Waals surface area contributed by atoms with Gasteiger partial charge >= 0.3 is 0 Å². The van der Waals surface area contributed by atoms with Crippen molar-refractivity contribution in [1.82, 2.24) is 5.32 Å². The first kappa shape index (κ1) is 12.0. The van der Waals surface area contributed by atoms with Crippen LogP contribution in [0.1, 0.15) is 51.2 Å². The second kappa shape index (κ2) is 3.99. The van der Waals surface area contributed by atoms with E-state index in [9.17, 15) is 0 Å². The molecule has 1 N–H and O–H groups in total. The van der Waals surface area contributed by atoms with Gasteiger partial charge in [0.1, 0.15) is 11.4 Å². The van der Waals surface area contributed by atoms with Gasteiger partial charge in [0, 0.05) is 18.5 Å². The van der Waals surface area contributed by atoms with E-state index in [2.05, 4.69) is 44.3 Å². The first-order chi connectivity index (χ1) is 8.46. The van der Waals surface area contributed by atoms with Crippen molar-refractivity contribution in [3.05, 3.63) is 29.3 Å². The van der Waals surface area contributed by atoms with Crippen LogP contribution in [0.25, 0.3) is 0 Å². The van der Waals surface area contributed by atoms with Crippen molar-refractivity contribution in [1.29, 1.82) is 0 Å². The molecule has 0 unspecified atom stereocenters. The lowest BCUT2D eigenvalue weighted by Gasteiger charge is -2.39. The summed E-state index contributed by atoms with van der Waals surface area (Å²) in [6, 6.07) is 6.62. The van der Waals surface area contributed by atoms with Gasteiger partial charge in [0.25, 0.3) is 0 Å². The quantitative estimate of drug-likeness (QED) is 0.881. The first-order valence-electron chi connectivity index (χ1n) is 7.02. The molecule has 0 atom stereocenters. The fourth-order valence-electron chi connectivity index (χ4n) is 2.97. The zero-order valence-corrected chi connectivity index (χ0v) is 11.7. The third kappa shape index (κ3) is 2.26. The van der Waals surface area contributed by atoms with E-state index in [1.165, 1.54) is 30.4 Å². The van der Waals surface area contributed by atoms with Crippen LogP contribution in [-0.2, 0) is 13.0 Å². The molecule has 2 aliphatic rings. The molecule has 0 bridgehead atoms. The van der Waals surface area contributed by atoms with Crippen molar-refractivity contribution < 1.29 is 4.74 Å². The molecule has 0 amide bonds. The van der Waals surface area contributed by atoms with Gasteiger partial charge in [0.05, 0.1) is 0 Å². The number of hydrogen-bond donors (Lipinski definition) is 1. The highest BCUT2D eigenvalue weighted by Gasteiger charge is 2.32. The first-order valence-corrected chi connectivity index (χ1v) is 7.02. The summed E-state index contributed by atoms with van der Waals surface area (Å²) in [7, 11) is 0. The van der Waals surface area contributed by atoms with Crippen molar-refractivity contribution in [3.63, 3.8) is 0 Å². The van der Waals surface area contributed by atoms with Gasteiger partial charge in [0.2, 0.25) is 0 Å². The van der Waals surface area contributed by atoms with Crippen molar-refractivity contribution in [2.45, 2.75) is 64.1 Å². The molecule has 1 aromatic rings. The average Bonchev–Trinajstić information content (AvgIpc) is 2.56. The molecular weight excluding hydrogens is 222 g/mol. The molecule has 0 aromatic heterocycles. The van der Waals surface area contributed by atoms with Crippen LogP contribution in [0.4, 0.5) is 0 Å². The molecule has 1 heterocycles. The predicted octanol–water partition coefficient (Wildman–Crippen LogP) is 3.43. The van der Waals surface area contributed by atoms with E-state index in [0.29, 0.717) is 5.54 Å². The summed E-state index contributed by atoms with van der Waals surface area (Å²) >= 11 is 0. The maximum Gasteiger partial charge on any atom is 0.123 e. The van der Waals surface area contributed by atoms with Gasteiger partial charge in [-0.1, -0.05) is 12.1 Å². The van der Waals surface area contributed by atoms with Gasteiger partial charge in [-0.15, -0.1) is 0 Å². The Morgan fingerprint density at radius 1 is 1.22 bits per heavy atom. The van der Waals surface area contributed by atoms with Gasteiger partial charge in [-0.3, -0.25) is 0 Å². The second-order valence-electron chi connectivity index (χ2n) is 6.75. The fraction of sp³-hybridized carbons (Fsp3) is 0.625. The Kier molecular flexibility index (Phi) is 2.67. The van der Waals surface area contributed by atoms with Crippen LogP contribution in [0.15, 0.2) is 18.2 Å². The van der Waals surface area contributed by atoms with Gasteiger partial charge in [-0.05, 0) is 57.2 Å². The van der Waals surface area contributed by atoms with Crippen molar-refractivity contribution in [2.24, 2.45) is 0 Å². The van der Waals surface area contributed by atoms with Crippen LogP contribution < -0.4 is 10.1 Å². The Bertz CT molecular complexity index is 460. The second-order valence-corrected chi connectivity index (χ2v) is 6.75. The molecule has 1 aliphatic heterocycles. The lowest BCUT2D eigenvalue weighted by Crippen LogP contribution is -2.47. The van der Waals surface area contributed by atoms with Crippen molar-refractivity contribution in [3.8, 4) is 5.75 Å². The molecule has 1 aliphatic carbocycles. The minimum Gasteiger partial charge on any atom is -0.487 e.